The van der Waals surface area contributed by atoms with Crippen molar-refractivity contribution in [3.05, 3.63) is 95.8 Å². The van der Waals surface area contributed by atoms with Gasteiger partial charge in [0.1, 0.15) is 0 Å². The van der Waals surface area contributed by atoms with E-state index in [1.807, 2.05) is 79.0 Å². The molecule has 3 nitrogen and oxygen atoms in total. The average Bonchev–Trinajstić information content (AvgIpc) is 3.09. The molecule has 0 atom stereocenters. The van der Waals surface area contributed by atoms with E-state index >= 15 is 0 Å². The predicted octanol–water partition coefficient (Wildman–Crippen LogP) is 3.46. The lowest BCUT2D eigenvalue weighted by atomic mass is 9.90. The normalized spacial score (nSPS) is 10.6. The van der Waals surface area contributed by atoms with Crippen molar-refractivity contribution >= 4 is 5.91 Å². The zero-order chi connectivity index (χ0) is 15.2. The number of hydrogen-bond acceptors (Lipinski definition) is 1. The highest BCUT2D eigenvalue weighted by molar-refractivity contribution is 5.87. The third-order valence-corrected chi connectivity index (χ3v) is 3.64. The number of rotatable bonds is 5. The Hall–Kier alpha value is -2.81. The van der Waals surface area contributed by atoms with Crippen LogP contribution in [0.5, 0.6) is 0 Å². The fourth-order valence-electron chi connectivity index (χ4n) is 2.55. The highest BCUT2D eigenvalue weighted by Crippen LogP contribution is 2.24. The van der Waals surface area contributed by atoms with Gasteiger partial charge in [0.15, 0.2) is 0 Å². The van der Waals surface area contributed by atoms with E-state index in [4.69, 9.17) is 0 Å². The second-order valence-corrected chi connectivity index (χ2v) is 5.17. The minimum atomic E-state index is -0.294. The summed E-state index contributed by atoms with van der Waals surface area (Å²) in [6, 6.07) is 23.6. The molecule has 0 spiro atoms. The molecule has 0 aliphatic heterocycles. The number of H-pyrrole nitrogens is 1. The molecule has 3 aromatic rings. The monoisotopic (exact) mass is 290 g/mol. The van der Waals surface area contributed by atoms with Crippen LogP contribution in [0, 0.1) is 0 Å². The smallest absolute Gasteiger partial charge is 0.232 e. The molecular weight excluding hydrogens is 272 g/mol. The molecule has 0 aliphatic rings. The molecule has 0 unspecified atom stereocenters. The van der Waals surface area contributed by atoms with Gasteiger partial charge in [0, 0.05) is 11.9 Å². The van der Waals surface area contributed by atoms with Crippen LogP contribution in [0.4, 0.5) is 0 Å². The van der Waals surface area contributed by atoms with E-state index in [-0.39, 0.29) is 11.8 Å². The first kappa shape index (κ1) is 14.1. The lowest BCUT2D eigenvalue weighted by molar-refractivity contribution is -0.121. The number of aromatic amines is 1. The van der Waals surface area contributed by atoms with Crippen LogP contribution in [0.1, 0.15) is 22.7 Å². The molecule has 0 radical (unpaired) electrons. The zero-order valence-electron chi connectivity index (χ0n) is 12.2. The van der Waals surface area contributed by atoms with Crippen LogP contribution in [-0.4, -0.2) is 10.9 Å². The Kier molecular flexibility index (Phi) is 4.35. The van der Waals surface area contributed by atoms with Gasteiger partial charge in [0.2, 0.25) is 5.91 Å². The minimum Gasteiger partial charge on any atom is -0.364 e. The summed E-state index contributed by atoms with van der Waals surface area (Å²) < 4.78 is 0. The summed E-state index contributed by atoms with van der Waals surface area (Å²) in [5.74, 6) is -0.288. The van der Waals surface area contributed by atoms with Crippen molar-refractivity contribution in [1.82, 2.24) is 10.3 Å². The van der Waals surface area contributed by atoms with Crippen LogP contribution in [0.15, 0.2) is 79.0 Å². The van der Waals surface area contributed by atoms with Gasteiger partial charge in [-0.15, -0.1) is 0 Å². The Morgan fingerprint density at radius 2 is 1.45 bits per heavy atom. The summed E-state index contributed by atoms with van der Waals surface area (Å²) in [6.07, 6.45) is 1.85. The Bertz CT molecular complexity index is 666. The Balaban J connectivity index is 1.83. The van der Waals surface area contributed by atoms with E-state index in [1.165, 1.54) is 0 Å². The number of benzene rings is 2. The van der Waals surface area contributed by atoms with Gasteiger partial charge in [-0.05, 0) is 23.3 Å². The molecule has 22 heavy (non-hydrogen) atoms. The zero-order valence-corrected chi connectivity index (χ0v) is 12.2. The van der Waals surface area contributed by atoms with Crippen molar-refractivity contribution in [3.63, 3.8) is 0 Å². The molecule has 1 amide bonds. The molecule has 0 saturated carbocycles. The topological polar surface area (TPSA) is 44.9 Å². The van der Waals surface area contributed by atoms with E-state index in [0.29, 0.717) is 6.54 Å². The maximum absolute atomic E-state index is 12.7. The van der Waals surface area contributed by atoms with Gasteiger partial charge in [0.25, 0.3) is 0 Å². The number of carbonyl (C=O) groups is 1. The average molecular weight is 290 g/mol. The molecule has 110 valence electrons. The van der Waals surface area contributed by atoms with E-state index in [9.17, 15) is 4.79 Å². The molecule has 3 rings (SSSR count). The summed E-state index contributed by atoms with van der Waals surface area (Å²) in [5.41, 5.74) is 2.99. The van der Waals surface area contributed by atoms with Crippen molar-refractivity contribution in [2.24, 2.45) is 0 Å². The lowest BCUT2D eigenvalue weighted by Crippen LogP contribution is -2.29. The molecule has 2 aromatic carbocycles. The molecule has 0 aliphatic carbocycles. The lowest BCUT2D eigenvalue weighted by Gasteiger charge is -2.17. The maximum Gasteiger partial charge on any atom is 0.232 e. The summed E-state index contributed by atoms with van der Waals surface area (Å²) in [6.45, 7) is 0.502. The standard InChI is InChI=1S/C19H18N2O/c22-19(21-14-17-12-7-13-20-17)18(15-8-3-1-4-9-15)16-10-5-2-6-11-16/h1-13,18,20H,14H2,(H,21,22). The van der Waals surface area contributed by atoms with Crippen LogP contribution in [0.25, 0.3) is 0 Å². The van der Waals surface area contributed by atoms with E-state index in [2.05, 4.69) is 10.3 Å². The van der Waals surface area contributed by atoms with Crippen molar-refractivity contribution < 1.29 is 4.79 Å². The molecule has 0 fully saturated rings. The third kappa shape index (κ3) is 3.26. The Labute approximate surface area is 130 Å². The van der Waals surface area contributed by atoms with Crippen molar-refractivity contribution in [2.45, 2.75) is 12.5 Å². The minimum absolute atomic E-state index is 0.00648. The fraction of sp³-hybridized carbons (Fsp3) is 0.105. The van der Waals surface area contributed by atoms with Crippen LogP contribution in [0.2, 0.25) is 0 Å². The largest absolute Gasteiger partial charge is 0.364 e. The molecule has 1 heterocycles. The molecule has 0 bridgehead atoms. The van der Waals surface area contributed by atoms with Gasteiger partial charge in [0.05, 0.1) is 12.5 Å². The number of carbonyl (C=O) groups excluding carboxylic acids is 1. The van der Waals surface area contributed by atoms with Gasteiger partial charge < -0.3 is 10.3 Å². The molecule has 2 N–H and O–H groups in total. The second kappa shape index (κ2) is 6.76. The second-order valence-electron chi connectivity index (χ2n) is 5.17. The molecule has 0 saturated heterocycles. The fourth-order valence-corrected chi connectivity index (χ4v) is 2.55. The summed E-state index contributed by atoms with van der Waals surface area (Å²) in [4.78, 5) is 15.8. The summed E-state index contributed by atoms with van der Waals surface area (Å²) in [7, 11) is 0. The number of nitrogens with one attached hydrogen (secondary N) is 2. The molecule has 1 aromatic heterocycles. The Morgan fingerprint density at radius 3 is 1.95 bits per heavy atom. The number of aromatic nitrogens is 1. The van der Waals surface area contributed by atoms with Crippen LogP contribution >= 0.6 is 0 Å². The van der Waals surface area contributed by atoms with Crippen molar-refractivity contribution in [2.75, 3.05) is 0 Å². The first-order chi connectivity index (χ1) is 10.8. The van der Waals surface area contributed by atoms with Gasteiger partial charge >= 0.3 is 0 Å². The van der Waals surface area contributed by atoms with Crippen molar-refractivity contribution in [1.29, 1.82) is 0 Å². The predicted molar refractivity (Wildman–Crippen MR) is 87.4 cm³/mol. The number of hydrogen-bond donors (Lipinski definition) is 2. The van der Waals surface area contributed by atoms with E-state index in [0.717, 1.165) is 16.8 Å². The van der Waals surface area contributed by atoms with Gasteiger partial charge in [-0.1, -0.05) is 60.7 Å². The van der Waals surface area contributed by atoms with Crippen LogP contribution in [0.3, 0.4) is 0 Å². The number of amides is 1. The molecule has 3 heteroatoms. The first-order valence-electron chi connectivity index (χ1n) is 7.34. The first-order valence-corrected chi connectivity index (χ1v) is 7.34. The summed E-state index contributed by atoms with van der Waals surface area (Å²) >= 11 is 0. The quantitative estimate of drug-likeness (QED) is 0.742. The maximum atomic E-state index is 12.7. The summed E-state index contributed by atoms with van der Waals surface area (Å²) in [5, 5.41) is 3.01. The highest BCUT2D eigenvalue weighted by atomic mass is 16.1. The SMILES string of the molecule is O=C(NCc1ccc[nH]1)C(c1ccccc1)c1ccccc1. The van der Waals surface area contributed by atoms with Crippen LogP contribution in [-0.2, 0) is 11.3 Å². The van der Waals surface area contributed by atoms with Gasteiger partial charge in [-0.25, -0.2) is 0 Å². The van der Waals surface area contributed by atoms with E-state index in [1.54, 1.807) is 0 Å². The third-order valence-electron chi connectivity index (χ3n) is 3.64. The van der Waals surface area contributed by atoms with Crippen LogP contribution < -0.4 is 5.32 Å². The van der Waals surface area contributed by atoms with Gasteiger partial charge in [-0.3, -0.25) is 4.79 Å². The Morgan fingerprint density at radius 1 is 0.864 bits per heavy atom. The van der Waals surface area contributed by atoms with Crippen molar-refractivity contribution in [3.8, 4) is 0 Å². The molecular formula is C19H18N2O. The van der Waals surface area contributed by atoms with E-state index < -0.39 is 0 Å². The van der Waals surface area contributed by atoms with Gasteiger partial charge in [-0.2, -0.15) is 0 Å². The highest BCUT2D eigenvalue weighted by Gasteiger charge is 2.22.